The zero-order valence-electron chi connectivity index (χ0n) is 18.3. The molecule has 0 aromatic heterocycles. The van der Waals surface area contributed by atoms with Crippen molar-refractivity contribution in [3.63, 3.8) is 0 Å². The van der Waals surface area contributed by atoms with Crippen LogP contribution in [0.3, 0.4) is 0 Å². The molecule has 1 amide bonds. The van der Waals surface area contributed by atoms with Gasteiger partial charge in [0.05, 0.1) is 17.9 Å². The Bertz CT molecular complexity index is 1300. The highest BCUT2D eigenvalue weighted by molar-refractivity contribution is 6.20. The standard InChI is InChI=1S/C29H25N3O/c30-25-17-9-7-15-23(25)20-32-27-18-10-8-16-24(27)28(22-13-5-2-6-14-22)31-26(29(32)33)19-21-11-3-1-4-12-21/h1-18,26H,19-20,30H2/t26-/m0/s1. The molecule has 0 unspecified atom stereocenters. The average molecular weight is 432 g/mol. The zero-order chi connectivity index (χ0) is 22.6. The maximum atomic E-state index is 14.0. The maximum absolute atomic E-state index is 14.0. The molecule has 4 aromatic rings. The van der Waals surface area contributed by atoms with Gasteiger partial charge in [0, 0.05) is 23.2 Å². The lowest BCUT2D eigenvalue weighted by Gasteiger charge is -2.26. The molecule has 4 heteroatoms. The fourth-order valence-corrected chi connectivity index (χ4v) is 4.30. The number of hydrogen-bond donors (Lipinski definition) is 1. The van der Waals surface area contributed by atoms with E-state index in [1.54, 1.807) is 0 Å². The number of rotatable bonds is 5. The predicted molar refractivity (Wildman–Crippen MR) is 135 cm³/mol. The molecule has 4 nitrogen and oxygen atoms in total. The molecular weight excluding hydrogens is 406 g/mol. The van der Waals surface area contributed by atoms with Gasteiger partial charge in [-0.3, -0.25) is 9.79 Å². The van der Waals surface area contributed by atoms with Gasteiger partial charge in [-0.1, -0.05) is 97.1 Å². The summed E-state index contributed by atoms with van der Waals surface area (Å²) >= 11 is 0. The van der Waals surface area contributed by atoms with Gasteiger partial charge in [0.2, 0.25) is 0 Å². The molecule has 0 saturated heterocycles. The van der Waals surface area contributed by atoms with Crippen molar-refractivity contribution < 1.29 is 4.79 Å². The smallest absolute Gasteiger partial charge is 0.252 e. The highest BCUT2D eigenvalue weighted by Gasteiger charge is 2.32. The fraction of sp³-hybridized carbons (Fsp3) is 0.103. The monoisotopic (exact) mass is 431 g/mol. The number of para-hydroxylation sites is 2. The van der Waals surface area contributed by atoms with Crippen molar-refractivity contribution in [2.24, 2.45) is 4.99 Å². The third-order valence-corrected chi connectivity index (χ3v) is 5.99. The molecule has 1 atom stereocenters. The Hall–Kier alpha value is -4.18. The van der Waals surface area contributed by atoms with Crippen molar-refractivity contribution in [1.29, 1.82) is 0 Å². The number of nitrogens with two attached hydrogens (primary N) is 1. The van der Waals surface area contributed by atoms with Gasteiger partial charge in [0.25, 0.3) is 5.91 Å². The summed E-state index contributed by atoms with van der Waals surface area (Å²) in [4.78, 5) is 20.9. The Balaban J connectivity index is 1.65. The Kier molecular flexibility index (Phi) is 5.73. The lowest BCUT2D eigenvalue weighted by atomic mass is 10.00. The van der Waals surface area contributed by atoms with Crippen LogP contribution in [0.15, 0.2) is 114 Å². The Labute approximate surface area is 194 Å². The minimum atomic E-state index is -0.542. The number of benzodiazepines with no additional fused rings is 1. The van der Waals surface area contributed by atoms with Gasteiger partial charge in [-0.25, -0.2) is 0 Å². The third-order valence-electron chi connectivity index (χ3n) is 5.99. The number of carbonyl (C=O) groups excluding carboxylic acids is 1. The molecule has 1 heterocycles. The summed E-state index contributed by atoms with van der Waals surface area (Å²) in [6, 6.07) is 35.3. The van der Waals surface area contributed by atoms with Crippen LogP contribution in [-0.4, -0.2) is 17.7 Å². The molecule has 33 heavy (non-hydrogen) atoms. The van der Waals surface area contributed by atoms with E-state index in [4.69, 9.17) is 10.7 Å². The second-order valence-electron chi connectivity index (χ2n) is 8.19. The largest absolute Gasteiger partial charge is 0.398 e. The van der Waals surface area contributed by atoms with E-state index in [1.807, 2.05) is 114 Å². The summed E-state index contributed by atoms with van der Waals surface area (Å²) in [6.07, 6.45) is 0.533. The molecule has 2 N–H and O–H groups in total. The first-order valence-corrected chi connectivity index (χ1v) is 11.1. The number of aliphatic imine (C=N–C) groups is 1. The number of carbonyl (C=O) groups is 1. The van der Waals surface area contributed by atoms with Gasteiger partial charge in [-0.05, 0) is 23.3 Å². The highest BCUT2D eigenvalue weighted by Crippen LogP contribution is 2.31. The van der Waals surface area contributed by atoms with Crippen molar-refractivity contribution in [1.82, 2.24) is 0 Å². The van der Waals surface area contributed by atoms with Crippen molar-refractivity contribution >= 4 is 23.0 Å². The maximum Gasteiger partial charge on any atom is 0.252 e. The van der Waals surface area contributed by atoms with Gasteiger partial charge in [-0.2, -0.15) is 0 Å². The van der Waals surface area contributed by atoms with E-state index >= 15 is 0 Å². The van der Waals surface area contributed by atoms with Gasteiger partial charge >= 0.3 is 0 Å². The van der Waals surface area contributed by atoms with Gasteiger partial charge in [0.1, 0.15) is 6.04 Å². The minimum absolute atomic E-state index is 0.0273. The number of anilines is 2. The van der Waals surface area contributed by atoms with Gasteiger partial charge in [0.15, 0.2) is 0 Å². The average Bonchev–Trinajstić information content (AvgIpc) is 2.97. The van der Waals surface area contributed by atoms with Crippen molar-refractivity contribution in [3.8, 4) is 0 Å². The van der Waals surface area contributed by atoms with E-state index in [1.165, 1.54) is 0 Å². The molecule has 0 radical (unpaired) electrons. The lowest BCUT2D eigenvalue weighted by Crippen LogP contribution is -2.38. The Morgan fingerprint density at radius 1 is 0.758 bits per heavy atom. The van der Waals surface area contributed by atoms with Crippen molar-refractivity contribution in [3.05, 3.63) is 131 Å². The summed E-state index contributed by atoms with van der Waals surface area (Å²) < 4.78 is 0. The molecule has 0 bridgehead atoms. The van der Waals surface area contributed by atoms with Crippen LogP contribution in [0.2, 0.25) is 0 Å². The Morgan fingerprint density at radius 3 is 2.15 bits per heavy atom. The van der Waals surface area contributed by atoms with Gasteiger partial charge in [-0.15, -0.1) is 0 Å². The van der Waals surface area contributed by atoms with Crippen LogP contribution in [0, 0.1) is 0 Å². The highest BCUT2D eigenvalue weighted by atomic mass is 16.2. The number of nitrogen functional groups attached to an aromatic ring is 1. The molecule has 1 aliphatic rings. The van der Waals surface area contributed by atoms with E-state index in [0.717, 1.165) is 33.7 Å². The first-order valence-electron chi connectivity index (χ1n) is 11.1. The van der Waals surface area contributed by atoms with E-state index in [2.05, 4.69) is 0 Å². The van der Waals surface area contributed by atoms with Crippen LogP contribution in [0.4, 0.5) is 11.4 Å². The minimum Gasteiger partial charge on any atom is -0.398 e. The molecule has 5 rings (SSSR count). The second-order valence-corrected chi connectivity index (χ2v) is 8.19. The van der Waals surface area contributed by atoms with E-state index < -0.39 is 6.04 Å². The van der Waals surface area contributed by atoms with Crippen molar-refractivity contribution in [2.45, 2.75) is 19.0 Å². The van der Waals surface area contributed by atoms with E-state index in [-0.39, 0.29) is 5.91 Å². The van der Waals surface area contributed by atoms with Crippen LogP contribution in [-0.2, 0) is 17.8 Å². The van der Waals surface area contributed by atoms with Crippen LogP contribution in [0.25, 0.3) is 0 Å². The van der Waals surface area contributed by atoms with Crippen LogP contribution in [0.5, 0.6) is 0 Å². The molecule has 0 saturated carbocycles. The number of fused-ring (bicyclic) bond motifs is 1. The molecule has 0 spiro atoms. The quantitative estimate of drug-likeness (QED) is 0.438. The SMILES string of the molecule is Nc1ccccc1CN1C(=O)[C@H](Cc2ccccc2)N=C(c2ccccc2)c2ccccc21. The normalized spacial score (nSPS) is 15.5. The summed E-state index contributed by atoms with van der Waals surface area (Å²) in [5.74, 6) is -0.0273. The lowest BCUT2D eigenvalue weighted by molar-refractivity contribution is -0.119. The summed E-state index contributed by atoms with van der Waals surface area (Å²) in [7, 11) is 0. The first kappa shape index (κ1) is 20.7. The summed E-state index contributed by atoms with van der Waals surface area (Å²) in [5.41, 5.74) is 12.6. The van der Waals surface area contributed by atoms with Crippen LogP contribution in [0.1, 0.15) is 22.3 Å². The Morgan fingerprint density at radius 2 is 1.39 bits per heavy atom. The van der Waals surface area contributed by atoms with Crippen LogP contribution < -0.4 is 10.6 Å². The summed E-state index contributed by atoms with van der Waals surface area (Å²) in [6.45, 7) is 0.394. The topological polar surface area (TPSA) is 58.7 Å². The number of benzene rings is 4. The first-order chi connectivity index (χ1) is 16.2. The van der Waals surface area contributed by atoms with E-state index in [0.29, 0.717) is 18.7 Å². The second kappa shape index (κ2) is 9.13. The van der Waals surface area contributed by atoms with E-state index in [9.17, 15) is 4.79 Å². The van der Waals surface area contributed by atoms with Crippen LogP contribution >= 0.6 is 0 Å². The van der Waals surface area contributed by atoms with Gasteiger partial charge < -0.3 is 10.6 Å². The molecule has 162 valence electrons. The molecule has 4 aromatic carbocycles. The molecular formula is C29H25N3O. The van der Waals surface area contributed by atoms with Crippen molar-refractivity contribution in [2.75, 3.05) is 10.6 Å². The molecule has 0 fully saturated rings. The predicted octanol–water partition coefficient (Wildman–Crippen LogP) is 5.26. The molecule has 0 aliphatic carbocycles. The summed E-state index contributed by atoms with van der Waals surface area (Å²) in [5, 5.41) is 0. The number of hydrogen-bond acceptors (Lipinski definition) is 3. The zero-order valence-corrected chi connectivity index (χ0v) is 18.3. The number of nitrogens with zero attached hydrogens (tertiary/aromatic N) is 2. The fourth-order valence-electron chi connectivity index (χ4n) is 4.30. The third kappa shape index (κ3) is 4.28. The molecule has 1 aliphatic heterocycles. The number of amides is 1.